The third kappa shape index (κ3) is 3.98. The summed E-state index contributed by atoms with van der Waals surface area (Å²) in [7, 11) is -0.490. The van der Waals surface area contributed by atoms with Gasteiger partial charge in [0.25, 0.3) is 10.0 Å². The SMILES string of the molecule is COc1ccc(CC2(c3cccs3)CN(S(=O)(=O)c3ccc(C)cc3)c3ccccc32)c(OC)c1. The zero-order chi connectivity index (χ0) is 24.6. The largest absolute Gasteiger partial charge is 0.497 e. The molecule has 0 saturated heterocycles. The van der Waals surface area contributed by atoms with Crippen molar-refractivity contribution in [3.8, 4) is 11.5 Å². The van der Waals surface area contributed by atoms with Crippen LogP contribution in [-0.2, 0) is 21.9 Å². The van der Waals surface area contributed by atoms with Crippen molar-refractivity contribution in [2.75, 3.05) is 25.1 Å². The van der Waals surface area contributed by atoms with Crippen molar-refractivity contribution >= 4 is 27.0 Å². The maximum absolute atomic E-state index is 13.9. The lowest BCUT2D eigenvalue weighted by Gasteiger charge is -2.31. The molecule has 1 aromatic heterocycles. The predicted octanol–water partition coefficient (Wildman–Crippen LogP) is 5.81. The molecule has 0 bridgehead atoms. The van der Waals surface area contributed by atoms with Crippen molar-refractivity contribution in [2.45, 2.75) is 23.7 Å². The van der Waals surface area contributed by atoms with Crippen molar-refractivity contribution in [3.63, 3.8) is 0 Å². The number of para-hydroxylation sites is 1. The smallest absolute Gasteiger partial charge is 0.264 e. The molecular weight excluding hydrogens is 478 g/mol. The van der Waals surface area contributed by atoms with Gasteiger partial charge in [0.05, 0.1) is 30.2 Å². The number of sulfonamides is 1. The highest BCUT2D eigenvalue weighted by Gasteiger charge is 2.49. The highest BCUT2D eigenvalue weighted by Crippen LogP contribution is 2.51. The topological polar surface area (TPSA) is 55.8 Å². The molecule has 1 aliphatic heterocycles. The van der Waals surface area contributed by atoms with E-state index in [9.17, 15) is 8.42 Å². The molecule has 0 spiro atoms. The van der Waals surface area contributed by atoms with Crippen molar-refractivity contribution in [2.24, 2.45) is 0 Å². The van der Waals surface area contributed by atoms with Crippen LogP contribution in [-0.4, -0.2) is 29.2 Å². The summed E-state index contributed by atoms with van der Waals surface area (Å²) in [6.45, 7) is 2.25. The van der Waals surface area contributed by atoms with Crippen LogP contribution < -0.4 is 13.8 Å². The second-order valence-electron chi connectivity index (χ2n) is 8.76. The van der Waals surface area contributed by atoms with Gasteiger partial charge in [-0.3, -0.25) is 4.31 Å². The molecule has 1 aliphatic rings. The Bertz CT molecular complexity index is 1450. The van der Waals surface area contributed by atoms with Crippen molar-refractivity contribution in [1.82, 2.24) is 0 Å². The molecule has 0 N–H and O–H groups in total. The highest BCUT2D eigenvalue weighted by molar-refractivity contribution is 7.92. The molecule has 7 heteroatoms. The molecular formula is C28H27NO4S2. The predicted molar refractivity (Wildman–Crippen MR) is 141 cm³/mol. The van der Waals surface area contributed by atoms with Crippen LogP contribution in [0.1, 0.15) is 21.6 Å². The van der Waals surface area contributed by atoms with Crippen LogP contribution in [0, 0.1) is 6.92 Å². The Hall–Kier alpha value is -3.29. The van der Waals surface area contributed by atoms with Gasteiger partial charge in [0.15, 0.2) is 0 Å². The third-order valence-corrected chi connectivity index (χ3v) is 9.54. The van der Waals surface area contributed by atoms with Gasteiger partial charge in [0.2, 0.25) is 0 Å². The molecule has 5 rings (SSSR count). The number of hydrogen-bond donors (Lipinski definition) is 0. The zero-order valence-electron chi connectivity index (χ0n) is 19.9. The van der Waals surface area contributed by atoms with Gasteiger partial charge in [-0.1, -0.05) is 48.0 Å². The summed E-state index contributed by atoms with van der Waals surface area (Å²) in [6, 6.07) is 24.8. The van der Waals surface area contributed by atoms with Crippen molar-refractivity contribution in [3.05, 3.63) is 106 Å². The van der Waals surface area contributed by atoms with E-state index in [4.69, 9.17) is 9.47 Å². The Labute approximate surface area is 210 Å². The molecule has 0 amide bonds. The average Bonchev–Trinajstić information content (AvgIpc) is 3.53. The minimum absolute atomic E-state index is 0.293. The van der Waals surface area contributed by atoms with Gasteiger partial charge >= 0.3 is 0 Å². The quantitative estimate of drug-likeness (QED) is 0.318. The van der Waals surface area contributed by atoms with Crippen LogP contribution in [0.3, 0.4) is 0 Å². The number of nitrogens with zero attached hydrogens (tertiary/aromatic N) is 1. The first kappa shape index (κ1) is 23.5. The number of aryl methyl sites for hydroxylation is 1. The van der Waals surface area contributed by atoms with Gasteiger partial charge in [-0.15, -0.1) is 11.3 Å². The number of rotatable bonds is 7. The Morgan fingerprint density at radius 2 is 1.71 bits per heavy atom. The summed E-state index contributed by atoms with van der Waals surface area (Å²) < 4.78 is 40.5. The molecule has 0 radical (unpaired) electrons. The molecule has 2 heterocycles. The Morgan fingerprint density at radius 1 is 0.943 bits per heavy atom. The summed E-state index contributed by atoms with van der Waals surface area (Å²) in [4.78, 5) is 1.41. The summed E-state index contributed by atoms with van der Waals surface area (Å²) in [5.74, 6) is 1.43. The summed E-state index contributed by atoms with van der Waals surface area (Å²) >= 11 is 1.65. The van der Waals surface area contributed by atoms with Crippen LogP contribution >= 0.6 is 11.3 Å². The normalized spacial score (nSPS) is 17.3. The number of hydrogen-bond acceptors (Lipinski definition) is 5. The third-order valence-electron chi connectivity index (χ3n) is 6.69. The van der Waals surface area contributed by atoms with E-state index in [1.807, 2.05) is 66.9 Å². The minimum Gasteiger partial charge on any atom is -0.497 e. The van der Waals surface area contributed by atoms with E-state index in [0.717, 1.165) is 27.3 Å². The van der Waals surface area contributed by atoms with E-state index >= 15 is 0 Å². The van der Waals surface area contributed by atoms with Gasteiger partial charge in [-0.25, -0.2) is 8.42 Å². The van der Waals surface area contributed by atoms with E-state index < -0.39 is 15.4 Å². The molecule has 1 atom stereocenters. The summed E-state index contributed by atoms with van der Waals surface area (Å²) in [5, 5.41) is 2.04. The minimum atomic E-state index is -3.76. The zero-order valence-corrected chi connectivity index (χ0v) is 21.5. The van der Waals surface area contributed by atoms with Crippen LogP contribution in [0.25, 0.3) is 0 Å². The van der Waals surface area contributed by atoms with E-state index in [0.29, 0.717) is 29.3 Å². The van der Waals surface area contributed by atoms with Gasteiger partial charge in [-0.2, -0.15) is 0 Å². The van der Waals surface area contributed by atoms with E-state index in [1.54, 1.807) is 42.0 Å². The number of methoxy groups -OCH3 is 2. The molecule has 0 fully saturated rings. The molecule has 4 aromatic rings. The van der Waals surface area contributed by atoms with E-state index in [-0.39, 0.29) is 0 Å². The number of thiophene rings is 1. The fourth-order valence-electron chi connectivity index (χ4n) is 4.89. The number of ether oxygens (including phenoxy) is 2. The standard InChI is InChI=1S/C28H27NO4S2/c1-20-10-14-23(15-11-20)35(30,31)29-19-28(27-9-6-16-34-27,24-7-4-5-8-25(24)29)18-21-12-13-22(32-2)17-26(21)33-3/h4-17H,18-19H2,1-3H3. The first-order valence-corrected chi connectivity index (χ1v) is 13.6. The fraction of sp³-hybridized carbons (Fsp3) is 0.214. The second kappa shape index (κ2) is 9.06. The fourth-order valence-corrected chi connectivity index (χ4v) is 7.36. The Kier molecular flexibility index (Phi) is 6.07. The van der Waals surface area contributed by atoms with Gasteiger partial charge in [0.1, 0.15) is 11.5 Å². The van der Waals surface area contributed by atoms with Gasteiger partial charge in [-0.05, 0) is 60.2 Å². The van der Waals surface area contributed by atoms with Crippen molar-refractivity contribution < 1.29 is 17.9 Å². The Balaban J connectivity index is 1.68. The molecule has 35 heavy (non-hydrogen) atoms. The van der Waals surface area contributed by atoms with Crippen LogP contribution in [0.2, 0.25) is 0 Å². The first-order chi connectivity index (χ1) is 16.9. The first-order valence-electron chi connectivity index (χ1n) is 11.3. The Morgan fingerprint density at radius 3 is 2.40 bits per heavy atom. The molecule has 1 unspecified atom stereocenters. The summed E-state index contributed by atoms with van der Waals surface area (Å²) in [5.41, 5.74) is 3.16. The van der Waals surface area contributed by atoms with E-state index in [2.05, 4.69) is 12.1 Å². The molecule has 180 valence electrons. The van der Waals surface area contributed by atoms with Crippen LogP contribution in [0.5, 0.6) is 11.5 Å². The highest BCUT2D eigenvalue weighted by atomic mass is 32.2. The van der Waals surface area contributed by atoms with Crippen LogP contribution in [0.15, 0.2) is 89.1 Å². The maximum Gasteiger partial charge on any atom is 0.264 e. The molecule has 0 aliphatic carbocycles. The lowest BCUT2D eigenvalue weighted by Crippen LogP contribution is -2.39. The van der Waals surface area contributed by atoms with Gasteiger partial charge in [0, 0.05) is 17.5 Å². The molecule has 3 aromatic carbocycles. The van der Waals surface area contributed by atoms with E-state index in [1.165, 1.54) is 0 Å². The lowest BCUT2D eigenvalue weighted by molar-refractivity contribution is 0.388. The number of fused-ring (bicyclic) bond motifs is 1. The summed E-state index contributed by atoms with van der Waals surface area (Å²) in [6.07, 6.45) is 0.581. The molecule has 0 saturated carbocycles. The number of benzene rings is 3. The van der Waals surface area contributed by atoms with Crippen molar-refractivity contribution in [1.29, 1.82) is 0 Å². The molecule has 5 nitrogen and oxygen atoms in total. The monoisotopic (exact) mass is 505 g/mol. The van der Waals surface area contributed by atoms with Crippen LogP contribution in [0.4, 0.5) is 5.69 Å². The maximum atomic E-state index is 13.9. The van der Waals surface area contributed by atoms with Gasteiger partial charge < -0.3 is 9.47 Å². The number of anilines is 1. The second-order valence-corrected chi connectivity index (χ2v) is 11.6. The lowest BCUT2D eigenvalue weighted by atomic mass is 9.75. The average molecular weight is 506 g/mol.